The lowest BCUT2D eigenvalue weighted by molar-refractivity contribution is 0.103. The van der Waals surface area contributed by atoms with Crippen molar-refractivity contribution in [2.45, 2.75) is 6.92 Å². The van der Waals surface area contributed by atoms with E-state index in [4.69, 9.17) is 0 Å². The summed E-state index contributed by atoms with van der Waals surface area (Å²) in [7, 11) is 0. The third kappa shape index (κ3) is 1.51. The summed E-state index contributed by atoms with van der Waals surface area (Å²) in [5.41, 5.74) is 1.68. The maximum Gasteiger partial charge on any atom is 0.266 e. The van der Waals surface area contributed by atoms with E-state index in [0.717, 1.165) is 11.6 Å². The normalized spacial score (nSPS) is 12.6. The largest absolute Gasteiger partial charge is 0.285 e. The molecule has 1 aliphatic heterocycles. The lowest BCUT2D eigenvalue weighted by atomic mass is 10.1. The Bertz CT molecular complexity index is 1010. The van der Waals surface area contributed by atoms with Gasteiger partial charge in [-0.2, -0.15) is 0 Å². The van der Waals surface area contributed by atoms with Gasteiger partial charge in [0, 0.05) is 0 Å². The molecule has 2 heterocycles. The monoisotopic (exact) mass is 280 g/mol. The Morgan fingerprint density at radius 3 is 2.71 bits per heavy atom. The lowest BCUT2D eigenvalue weighted by Crippen LogP contribution is -2.21. The van der Waals surface area contributed by atoms with Crippen molar-refractivity contribution in [1.82, 2.24) is 9.55 Å². The van der Waals surface area contributed by atoms with Crippen LogP contribution in [0, 0.1) is 12.7 Å². The molecule has 21 heavy (non-hydrogen) atoms. The van der Waals surface area contributed by atoms with Crippen LogP contribution in [0.3, 0.4) is 0 Å². The topological polar surface area (TPSA) is 52.0 Å². The molecule has 4 nitrogen and oxygen atoms in total. The van der Waals surface area contributed by atoms with Crippen LogP contribution in [0.15, 0.2) is 41.2 Å². The van der Waals surface area contributed by atoms with Crippen molar-refractivity contribution in [3.63, 3.8) is 0 Å². The summed E-state index contributed by atoms with van der Waals surface area (Å²) in [6.45, 7) is 1.89. The summed E-state index contributed by atoms with van der Waals surface area (Å²) < 4.78 is 14.6. The lowest BCUT2D eigenvalue weighted by Gasteiger charge is -2.05. The molecule has 0 aliphatic carbocycles. The highest BCUT2D eigenvalue weighted by Crippen LogP contribution is 2.26. The zero-order chi connectivity index (χ0) is 14.7. The number of hydrogen-bond acceptors (Lipinski definition) is 3. The molecule has 102 valence electrons. The molecule has 1 aliphatic rings. The average molecular weight is 280 g/mol. The minimum absolute atomic E-state index is 0.0405. The number of aryl methyl sites for hydroxylation is 1. The first-order chi connectivity index (χ1) is 10.1. The molecule has 3 aromatic rings. The number of fused-ring (bicyclic) bond motifs is 4. The van der Waals surface area contributed by atoms with E-state index < -0.39 is 11.6 Å². The second kappa shape index (κ2) is 3.85. The van der Waals surface area contributed by atoms with E-state index in [9.17, 15) is 14.0 Å². The molecule has 0 N–H and O–H groups in total. The summed E-state index contributed by atoms with van der Waals surface area (Å²) in [5.74, 6) is -0.896. The first-order valence-electron chi connectivity index (χ1n) is 6.44. The van der Waals surface area contributed by atoms with E-state index in [0.29, 0.717) is 16.6 Å². The van der Waals surface area contributed by atoms with Gasteiger partial charge in [-0.1, -0.05) is 6.07 Å². The standard InChI is InChI=1S/C16H9FN2O2/c1-8-2-4-10-12(6-8)18-15-14(20)11-7-9(17)3-5-13(11)19(15)16(10)21/h2-7H,1H3. The van der Waals surface area contributed by atoms with Gasteiger partial charge < -0.3 is 0 Å². The van der Waals surface area contributed by atoms with Crippen LogP contribution in [-0.4, -0.2) is 15.3 Å². The highest BCUT2D eigenvalue weighted by atomic mass is 19.1. The van der Waals surface area contributed by atoms with Crippen molar-refractivity contribution in [2.24, 2.45) is 0 Å². The molecular formula is C16H9FN2O2. The Morgan fingerprint density at radius 1 is 1.10 bits per heavy atom. The van der Waals surface area contributed by atoms with Gasteiger partial charge in [-0.15, -0.1) is 0 Å². The van der Waals surface area contributed by atoms with Gasteiger partial charge in [-0.05, 0) is 42.8 Å². The van der Waals surface area contributed by atoms with Gasteiger partial charge >= 0.3 is 0 Å². The Balaban J connectivity index is 2.17. The van der Waals surface area contributed by atoms with Crippen molar-refractivity contribution in [3.05, 3.63) is 69.5 Å². The quantitative estimate of drug-likeness (QED) is 0.497. The average Bonchev–Trinajstić information content (AvgIpc) is 2.72. The number of ketones is 1. The minimum atomic E-state index is -0.511. The Hall–Kier alpha value is -2.82. The molecule has 4 rings (SSSR count). The Kier molecular flexibility index (Phi) is 2.19. The van der Waals surface area contributed by atoms with Crippen molar-refractivity contribution in [1.29, 1.82) is 0 Å². The maximum absolute atomic E-state index is 13.3. The number of hydrogen-bond donors (Lipinski definition) is 0. The molecule has 0 fully saturated rings. The number of rotatable bonds is 0. The van der Waals surface area contributed by atoms with Crippen molar-refractivity contribution < 1.29 is 9.18 Å². The fourth-order valence-electron chi connectivity index (χ4n) is 2.68. The highest BCUT2D eigenvalue weighted by Gasteiger charge is 2.30. The van der Waals surface area contributed by atoms with E-state index in [-0.39, 0.29) is 16.9 Å². The predicted molar refractivity (Wildman–Crippen MR) is 75.5 cm³/mol. The van der Waals surface area contributed by atoms with Crippen molar-refractivity contribution >= 4 is 16.7 Å². The van der Waals surface area contributed by atoms with Crippen molar-refractivity contribution in [3.8, 4) is 5.69 Å². The highest BCUT2D eigenvalue weighted by molar-refractivity contribution is 6.13. The van der Waals surface area contributed by atoms with Crippen LogP contribution >= 0.6 is 0 Å². The molecule has 0 radical (unpaired) electrons. The van der Waals surface area contributed by atoms with Gasteiger partial charge in [0.15, 0.2) is 5.82 Å². The number of benzene rings is 2. The van der Waals surface area contributed by atoms with Crippen LogP contribution in [0.2, 0.25) is 0 Å². The van der Waals surface area contributed by atoms with Gasteiger partial charge in [-0.3, -0.25) is 14.2 Å². The summed E-state index contributed by atoms with van der Waals surface area (Å²) in [5, 5.41) is 0.439. The van der Waals surface area contributed by atoms with Gasteiger partial charge in [0.2, 0.25) is 5.78 Å². The van der Waals surface area contributed by atoms with Crippen molar-refractivity contribution in [2.75, 3.05) is 0 Å². The summed E-state index contributed by atoms with van der Waals surface area (Å²) in [4.78, 5) is 29.2. The van der Waals surface area contributed by atoms with Gasteiger partial charge in [0.05, 0.1) is 22.2 Å². The van der Waals surface area contributed by atoms with Crippen LogP contribution in [0.4, 0.5) is 4.39 Å². The van der Waals surface area contributed by atoms with E-state index in [1.54, 1.807) is 12.1 Å². The summed E-state index contributed by atoms with van der Waals surface area (Å²) in [6.07, 6.45) is 0. The molecule has 0 spiro atoms. The Morgan fingerprint density at radius 2 is 1.90 bits per heavy atom. The van der Waals surface area contributed by atoms with E-state index in [1.807, 2.05) is 13.0 Å². The number of aromatic nitrogens is 2. The number of halogens is 1. The number of carbonyl (C=O) groups is 1. The van der Waals surface area contributed by atoms with Crippen LogP contribution in [0.25, 0.3) is 16.6 Å². The predicted octanol–water partition coefficient (Wildman–Crippen LogP) is 2.38. The van der Waals surface area contributed by atoms with Gasteiger partial charge in [-0.25, -0.2) is 9.37 Å². The minimum Gasteiger partial charge on any atom is -0.285 e. The van der Waals surface area contributed by atoms with Crippen LogP contribution in [-0.2, 0) is 0 Å². The zero-order valence-corrected chi connectivity index (χ0v) is 11.1. The fourth-order valence-corrected chi connectivity index (χ4v) is 2.68. The molecule has 0 unspecified atom stereocenters. The first kappa shape index (κ1) is 12.0. The molecule has 0 bridgehead atoms. The molecule has 0 saturated heterocycles. The SMILES string of the molecule is Cc1ccc2c(=O)n3c(nc2c1)C(=O)c1cc(F)ccc1-3. The maximum atomic E-state index is 13.3. The summed E-state index contributed by atoms with van der Waals surface area (Å²) >= 11 is 0. The van der Waals surface area contributed by atoms with Crippen LogP contribution in [0.1, 0.15) is 21.7 Å². The van der Waals surface area contributed by atoms with Gasteiger partial charge in [0.1, 0.15) is 5.82 Å². The summed E-state index contributed by atoms with van der Waals surface area (Å²) in [6, 6.07) is 9.07. The number of nitrogens with zero attached hydrogens (tertiary/aromatic N) is 2. The third-order valence-corrected chi connectivity index (χ3v) is 3.67. The van der Waals surface area contributed by atoms with Crippen LogP contribution < -0.4 is 5.56 Å². The second-order valence-electron chi connectivity index (χ2n) is 5.09. The van der Waals surface area contributed by atoms with E-state index in [1.165, 1.54) is 16.7 Å². The van der Waals surface area contributed by atoms with E-state index in [2.05, 4.69) is 4.98 Å². The molecular weight excluding hydrogens is 271 g/mol. The molecule has 1 aromatic heterocycles. The molecule has 2 aromatic carbocycles. The molecule has 0 atom stereocenters. The Labute approximate surface area is 118 Å². The first-order valence-corrected chi connectivity index (χ1v) is 6.44. The van der Waals surface area contributed by atoms with Gasteiger partial charge in [0.25, 0.3) is 5.56 Å². The van der Waals surface area contributed by atoms with E-state index >= 15 is 0 Å². The second-order valence-corrected chi connectivity index (χ2v) is 5.09. The third-order valence-electron chi connectivity index (χ3n) is 3.67. The zero-order valence-electron chi connectivity index (χ0n) is 11.1. The van der Waals surface area contributed by atoms with Crippen LogP contribution in [0.5, 0.6) is 0 Å². The smallest absolute Gasteiger partial charge is 0.266 e. The molecule has 0 amide bonds. The number of carbonyl (C=O) groups excluding carboxylic acids is 1. The molecule has 5 heteroatoms. The molecule has 0 saturated carbocycles. The fraction of sp³-hybridized carbons (Fsp3) is 0.0625.